The minimum atomic E-state index is -4.50. The maximum atomic E-state index is 13.6. The Morgan fingerprint density at radius 2 is 1.70 bits per heavy atom. The highest BCUT2D eigenvalue weighted by Crippen LogP contribution is 2.36. The fourth-order valence-electron chi connectivity index (χ4n) is 1.86. The molecule has 0 aliphatic carbocycles. The molecule has 0 amide bonds. The van der Waals surface area contributed by atoms with Gasteiger partial charge in [-0.3, -0.25) is 0 Å². The van der Waals surface area contributed by atoms with Crippen LogP contribution in [0.3, 0.4) is 0 Å². The number of hydrogen-bond donors (Lipinski definition) is 1. The average Bonchev–Trinajstić information content (AvgIpc) is 2.37. The van der Waals surface area contributed by atoms with Crippen molar-refractivity contribution in [1.82, 2.24) is 0 Å². The van der Waals surface area contributed by atoms with Crippen LogP contribution in [0.4, 0.5) is 17.6 Å². The Kier molecular flexibility index (Phi) is 4.15. The Morgan fingerprint density at radius 1 is 1.05 bits per heavy atom. The van der Waals surface area contributed by atoms with E-state index in [1.807, 2.05) is 0 Å². The first-order chi connectivity index (χ1) is 9.30. The van der Waals surface area contributed by atoms with E-state index in [2.05, 4.69) is 15.9 Å². The summed E-state index contributed by atoms with van der Waals surface area (Å²) in [7, 11) is 0. The second-order valence-electron chi connectivity index (χ2n) is 4.24. The third-order valence-corrected chi connectivity index (χ3v) is 3.59. The first kappa shape index (κ1) is 15.0. The lowest BCUT2D eigenvalue weighted by Crippen LogP contribution is -2.15. The van der Waals surface area contributed by atoms with Gasteiger partial charge >= 0.3 is 6.18 Å². The molecule has 2 aromatic rings. The van der Waals surface area contributed by atoms with Crippen molar-refractivity contribution in [3.8, 4) is 0 Å². The summed E-state index contributed by atoms with van der Waals surface area (Å²) < 4.78 is 52.0. The van der Waals surface area contributed by atoms with Gasteiger partial charge in [0.25, 0.3) is 0 Å². The lowest BCUT2D eigenvalue weighted by atomic mass is 9.97. The van der Waals surface area contributed by atoms with E-state index in [1.54, 1.807) is 6.07 Å². The zero-order valence-electron chi connectivity index (χ0n) is 10.1. The molecular weight excluding hydrogens is 338 g/mol. The Hall–Kier alpha value is -1.40. The highest BCUT2D eigenvalue weighted by Gasteiger charge is 2.33. The Labute approximate surface area is 121 Å². The first-order valence-electron chi connectivity index (χ1n) is 5.67. The smallest absolute Gasteiger partial charge is 0.320 e. The number of rotatable bonds is 2. The summed E-state index contributed by atoms with van der Waals surface area (Å²) in [5.74, 6) is -0.545. The highest BCUT2D eigenvalue weighted by molar-refractivity contribution is 9.10. The summed E-state index contributed by atoms with van der Waals surface area (Å²) >= 11 is 2.85. The van der Waals surface area contributed by atoms with Crippen LogP contribution < -0.4 is 5.73 Å². The number of nitrogens with two attached hydrogens (primary N) is 1. The normalized spacial score (nSPS) is 13.3. The van der Waals surface area contributed by atoms with E-state index in [0.717, 1.165) is 6.07 Å². The van der Waals surface area contributed by atoms with Crippen LogP contribution in [-0.2, 0) is 6.18 Å². The molecule has 6 heteroatoms. The summed E-state index contributed by atoms with van der Waals surface area (Å²) in [5.41, 5.74) is 5.38. The van der Waals surface area contributed by atoms with E-state index in [9.17, 15) is 17.6 Å². The monoisotopic (exact) mass is 347 g/mol. The van der Waals surface area contributed by atoms with Gasteiger partial charge in [-0.25, -0.2) is 4.39 Å². The van der Waals surface area contributed by atoms with Gasteiger partial charge in [0.05, 0.1) is 11.6 Å². The van der Waals surface area contributed by atoms with Gasteiger partial charge in [0.1, 0.15) is 5.82 Å². The second kappa shape index (κ2) is 5.54. The van der Waals surface area contributed by atoms with E-state index in [0.29, 0.717) is 0 Å². The number of benzene rings is 2. The van der Waals surface area contributed by atoms with Crippen molar-refractivity contribution >= 4 is 15.9 Å². The molecule has 0 bridgehead atoms. The van der Waals surface area contributed by atoms with Gasteiger partial charge in [-0.1, -0.05) is 40.2 Å². The van der Waals surface area contributed by atoms with Gasteiger partial charge in [-0.2, -0.15) is 13.2 Å². The maximum Gasteiger partial charge on any atom is 0.417 e. The summed E-state index contributed by atoms with van der Waals surface area (Å²) in [6.07, 6.45) is -4.50. The molecule has 0 spiro atoms. The minimum Gasteiger partial charge on any atom is -0.320 e. The summed E-state index contributed by atoms with van der Waals surface area (Å²) in [5, 5.41) is 0. The third-order valence-electron chi connectivity index (χ3n) is 2.90. The molecule has 0 aliphatic rings. The molecule has 106 valence electrons. The van der Waals surface area contributed by atoms with Crippen LogP contribution in [-0.4, -0.2) is 0 Å². The zero-order valence-corrected chi connectivity index (χ0v) is 11.7. The average molecular weight is 348 g/mol. The van der Waals surface area contributed by atoms with Crippen molar-refractivity contribution in [2.75, 3.05) is 0 Å². The van der Waals surface area contributed by atoms with Gasteiger partial charge in [0, 0.05) is 10.0 Å². The first-order valence-corrected chi connectivity index (χ1v) is 6.46. The van der Waals surface area contributed by atoms with Crippen molar-refractivity contribution in [3.05, 3.63) is 69.4 Å². The lowest BCUT2D eigenvalue weighted by molar-refractivity contribution is -0.138. The topological polar surface area (TPSA) is 26.0 Å². The van der Waals surface area contributed by atoms with Crippen molar-refractivity contribution in [1.29, 1.82) is 0 Å². The summed E-state index contributed by atoms with van der Waals surface area (Å²) in [6, 6.07) is 8.44. The van der Waals surface area contributed by atoms with Gasteiger partial charge in [0.2, 0.25) is 0 Å². The fraction of sp³-hybridized carbons (Fsp3) is 0.143. The highest BCUT2D eigenvalue weighted by atomic mass is 79.9. The Morgan fingerprint density at radius 3 is 2.30 bits per heavy atom. The quantitative estimate of drug-likeness (QED) is 0.786. The summed E-state index contributed by atoms with van der Waals surface area (Å²) in [6.45, 7) is 0. The number of halogens is 5. The van der Waals surface area contributed by atoms with E-state index >= 15 is 0 Å². The molecule has 0 aromatic heterocycles. The molecule has 0 saturated carbocycles. The summed E-state index contributed by atoms with van der Waals surface area (Å²) in [4.78, 5) is 0. The SMILES string of the molecule is NC(c1ccc(Br)c(C(F)(F)F)c1)c1ccccc1F. The van der Waals surface area contributed by atoms with E-state index in [4.69, 9.17) is 5.73 Å². The van der Waals surface area contributed by atoms with Crippen molar-refractivity contribution in [3.63, 3.8) is 0 Å². The molecule has 2 N–H and O–H groups in total. The van der Waals surface area contributed by atoms with Gasteiger partial charge in [0.15, 0.2) is 0 Å². The van der Waals surface area contributed by atoms with Crippen LogP contribution in [0.1, 0.15) is 22.7 Å². The molecule has 1 atom stereocenters. The number of alkyl halides is 3. The van der Waals surface area contributed by atoms with E-state index in [1.165, 1.54) is 30.3 Å². The van der Waals surface area contributed by atoms with Crippen LogP contribution >= 0.6 is 15.9 Å². The molecular formula is C14H10BrF4N. The molecule has 2 rings (SSSR count). The molecule has 0 saturated heterocycles. The standard InChI is InChI=1S/C14H10BrF4N/c15-11-6-5-8(7-10(11)14(17,18)19)13(20)9-3-1-2-4-12(9)16/h1-7,13H,20H2. The largest absolute Gasteiger partial charge is 0.417 e. The molecule has 2 aromatic carbocycles. The molecule has 0 fully saturated rings. The molecule has 0 heterocycles. The van der Waals surface area contributed by atoms with Crippen molar-refractivity contribution < 1.29 is 17.6 Å². The molecule has 1 nitrogen and oxygen atoms in total. The number of hydrogen-bond acceptors (Lipinski definition) is 1. The van der Waals surface area contributed by atoms with E-state index in [-0.39, 0.29) is 15.6 Å². The predicted octanol–water partition coefficient (Wildman–Crippen LogP) is 4.66. The maximum absolute atomic E-state index is 13.6. The second-order valence-corrected chi connectivity index (χ2v) is 5.09. The van der Waals surface area contributed by atoms with Crippen molar-refractivity contribution in [2.45, 2.75) is 12.2 Å². The van der Waals surface area contributed by atoms with Crippen LogP contribution in [0.2, 0.25) is 0 Å². The van der Waals surface area contributed by atoms with E-state index < -0.39 is 23.6 Å². The Balaban J connectivity index is 2.46. The molecule has 0 aliphatic heterocycles. The predicted molar refractivity (Wildman–Crippen MR) is 71.6 cm³/mol. The van der Waals surface area contributed by atoms with Crippen LogP contribution in [0.15, 0.2) is 46.9 Å². The molecule has 0 radical (unpaired) electrons. The van der Waals surface area contributed by atoms with Crippen LogP contribution in [0.25, 0.3) is 0 Å². The van der Waals surface area contributed by atoms with Crippen molar-refractivity contribution in [2.24, 2.45) is 5.73 Å². The third kappa shape index (κ3) is 3.02. The van der Waals surface area contributed by atoms with Gasteiger partial charge in [-0.05, 0) is 23.8 Å². The molecule has 1 unspecified atom stereocenters. The van der Waals surface area contributed by atoms with Gasteiger partial charge in [-0.15, -0.1) is 0 Å². The lowest BCUT2D eigenvalue weighted by Gasteiger charge is -2.16. The van der Waals surface area contributed by atoms with Crippen LogP contribution in [0.5, 0.6) is 0 Å². The van der Waals surface area contributed by atoms with Gasteiger partial charge < -0.3 is 5.73 Å². The van der Waals surface area contributed by atoms with Crippen LogP contribution in [0, 0.1) is 5.82 Å². The minimum absolute atomic E-state index is 0.0746. The Bertz CT molecular complexity index is 625. The fourth-order valence-corrected chi connectivity index (χ4v) is 2.33. The molecule has 20 heavy (non-hydrogen) atoms. The zero-order chi connectivity index (χ0) is 14.9.